The van der Waals surface area contributed by atoms with Gasteiger partial charge in [0.25, 0.3) is 0 Å². The van der Waals surface area contributed by atoms with Crippen molar-refractivity contribution in [3.05, 3.63) is 27.3 Å². The molecule has 1 aliphatic rings. The Bertz CT molecular complexity index is 405. The molecule has 2 unspecified atom stereocenters. The highest BCUT2D eigenvalue weighted by Crippen LogP contribution is 2.27. The molecule has 0 aliphatic carbocycles. The topological polar surface area (TPSA) is 15.3 Å². The number of hydrogen-bond donors (Lipinski definition) is 1. The lowest BCUT2D eigenvalue weighted by molar-refractivity contribution is 0.326. The van der Waals surface area contributed by atoms with Crippen LogP contribution in [0, 0.1) is 16.4 Å². The molecule has 2 atom stereocenters. The minimum Gasteiger partial charge on any atom is -0.371 e. The van der Waals surface area contributed by atoms with E-state index in [1.54, 1.807) is 0 Å². The monoisotopic (exact) mass is 358 g/mol. The fraction of sp³-hybridized carbons (Fsp3) is 0.600. The Morgan fingerprint density at radius 3 is 2.89 bits per heavy atom. The first-order valence-corrected chi connectivity index (χ1v) is 7.94. The fourth-order valence-electron chi connectivity index (χ4n) is 2.85. The van der Waals surface area contributed by atoms with E-state index in [4.69, 9.17) is 0 Å². The number of anilines is 1. The van der Waals surface area contributed by atoms with E-state index in [0.717, 1.165) is 12.5 Å². The highest BCUT2D eigenvalue weighted by Gasteiger charge is 2.25. The van der Waals surface area contributed by atoms with E-state index < -0.39 is 0 Å². The summed E-state index contributed by atoms with van der Waals surface area (Å²) < 4.78 is 1.33. The summed E-state index contributed by atoms with van der Waals surface area (Å²) >= 11 is 2.40. The maximum absolute atomic E-state index is 3.60. The van der Waals surface area contributed by atoms with Crippen molar-refractivity contribution in [1.29, 1.82) is 0 Å². The van der Waals surface area contributed by atoms with Gasteiger partial charge in [0, 0.05) is 28.4 Å². The first-order chi connectivity index (χ1) is 8.61. The summed E-state index contributed by atoms with van der Waals surface area (Å²) in [4.78, 5) is 2.55. The Labute approximate surface area is 124 Å². The molecule has 1 aromatic carbocycles. The van der Waals surface area contributed by atoms with E-state index in [0.29, 0.717) is 6.04 Å². The molecule has 100 valence electrons. The summed E-state index contributed by atoms with van der Waals surface area (Å²) in [5, 5.41) is 3.60. The minimum absolute atomic E-state index is 0.689. The van der Waals surface area contributed by atoms with Crippen molar-refractivity contribution in [3.8, 4) is 0 Å². The third-order valence-electron chi connectivity index (χ3n) is 3.88. The molecule has 1 saturated heterocycles. The van der Waals surface area contributed by atoms with Gasteiger partial charge in [-0.25, -0.2) is 0 Å². The van der Waals surface area contributed by atoms with Gasteiger partial charge in [-0.3, -0.25) is 0 Å². The Balaban J connectivity index is 2.10. The molecule has 1 aromatic rings. The van der Waals surface area contributed by atoms with Crippen molar-refractivity contribution in [2.24, 2.45) is 5.92 Å². The highest BCUT2D eigenvalue weighted by molar-refractivity contribution is 14.1. The van der Waals surface area contributed by atoms with Crippen LogP contribution in [0.2, 0.25) is 0 Å². The normalized spacial score (nSPS) is 24.3. The van der Waals surface area contributed by atoms with Gasteiger partial charge in [-0.1, -0.05) is 19.9 Å². The molecular weight excluding hydrogens is 335 g/mol. The van der Waals surface area contributed by atoms with Gasteiger partial charge in [-0.05, 0) is 66.1 Å². The number of aryl methyl sites for hydroxylation is 1. The van der Waals surface area contributed by atoms with Gasteiger partial charge in [0.1, 0.15) is 0 Å². The van der Waals surface area contributed by atoms with Crippen LogP contribution in [0.15, 0.2) is 18.2 Å². The second kappa shape index (κ2) is 6.24. The molecule has 0 spiro atoms. The summed E-state index contributed by atoms with van der Waals surface area (Å²) in [5.41, 5.74) is 2.81. The zero-order valence-corrected chi connectivity index (χ0v) is 13.7. The first kappa shape index (κ1) is 14.1. The average Bonchev–Trinajstić information content (AvgIpc) is 2.35. The Morgan fingerprint density at radius 1 is 1.44 bits per heavy atom. The number of rotatable bonds is 3. The molecule has 3 heteroatoms. The van der Waals surface area contributed by atoms with E-state index >= 15 is 0 Å². The second-order valence-corrected chi connectivity index (χ2v) is 6.55. The number of benzene rings is 1. The zero-order valence-electron chi connectivity index (χ0n) is 11.5. The molecular formula is C15H23IN2. The molecule has 0 amide bonds. The van der Waals surface area contributed by atoms with Gasteiger partial charge in [-0.15, -0.1) is 0 Å². The Hall–Kier alpha value is -0.290. The number of hydrogen-bond acceptors (Lipinski definition) is 2. The van der Waals surface area contributed by atoms with Crippen LogP contribution in [0.5, 0.6) is 0 Å². The van der Waals surface area contributed by atoms with E-state index in [1.165, 1.54) is 34.3 Å². The van der Waals surface area contributed by atoms with Gasteiger partial charge < -0.3 is 10.2 Å². The molecule has 1 fully saturated rings. The van der Waals surface area contributed by atoms with Crippen LogP contribution in [0.1, 0.15) is 25.8 Å². The third-order valence-corrected chi connectivity index (χ3v) is 4.55. The van der Waals surface area contributed by atoms with Crippen LogP contribution in [-0.4, -0.2) is 25.7 Å². The minimum atomic E-state index is 0.689. The smallest absolute Gasteiger partial charge is 0.0406 e. The molecule has 0 radical (unpaired) electrons. The predicted molar refractivity (Wildman–Crippen MR) is 87.4 cm³/mol. The van der Waals surface area contributed by atoms with E-state index in [2.05, 4.69) is 71.8 Å². The predicted octanol–water partition coefficient (Wildman–Crippen LogP) is 3.42. The van der Waals surface area contributed by atoms with Crippen molar-refractivity contribution >= 4 is 28.3 Å². The van der Waals surface area contributed by atoms with Crippen molar-refractivity contribution < 1.29 is 0 Å². The third kappa shape index (κ3) is 3.18. The van der Waals surface area contributed by atoms with Gasteiger partial charge >= 0.3 is 0 Å². The van der Waals surface area contributed by atoms with Crippen molar-refractivity contribution in [2.75, 3.05) is 24.5 Å². The van der Waals surface area contributed by atoms with E-state index in [9.17, 15) is 0 Å². The fourth-order valence-corrected chi connectivity index (χ4v) is 3.33. The molecule has 0 saturated carbocycles. The van der Waals surface area contributed by atoms with Crippen molar-refractivity contribution in [1.82, 2.24) is 5.32 Å². The van der Waals surface area contributed by atoms with Gasteiger partial charge in [0.15, 0.2) is 0 Å². The van der Waals surface area contributed by atoms with Crippen LogP contribution in [0.25, 0.3) is 0 Å². The molecule has 1 heterocycles. The summed E-state index contributed by atoms with van der Waals surface area (Å²) in [6.45, 7) is 10.2. The molecule has 2 rings (SSSR count). The SMILES string of the molecule is CCNC1CCN(c2cc(I)ccc2C)CC1C. The summed E-state index contributed by atoms with van der Waals surface area (Å²) in [7, 11) is 0. The zero-order chi connectivity index (χ0) is 13.1. The van der Waals surface area contributed by atoms with Crippen molar-refractivity contribution in [3.63, 3.8) is 0 Å². The highest BCUT2D eigenvalue weighted by atomic mass is 127. The molecule has 1 N–H and O–H groups in total. The number of nitrogens with one attached hydrogen (secondary N) is 1. The lowest BCUT2D eigenvalue weighted by Crippen LogP contribution is -2.48. The van der Waals surface area contributed by atoms with E-state index in [1.807, 2.05) is 0 Å². The van der Waals surface area contributed by atoms with Crippen LogP contribution >= 0.6 is 22.6 Å². The number of halogens is 1. The van der Waals surface area contributed by atoms with Crippen molar-refractivity contribution in [2.45, 2.75) is 33.2 Å². The molecule has 1 aliphatic heterocycles. The maximum Gasteiger partial charge on any atom is 0.0406 e. The molecule has 2 nitrogen and oxygen atoms in total. The Kier molecular flexibility index (Phi) is 4.90. The maximum atomic E-state index is 3.60. The number of nitrogens with zero attached hydrogens (tertiary/aromatic N) is 1. The standard InChI is InChI=1S/C15H23IN2/c1-4-17-14-7-8-18(10-12(14)3)15-9-13(16)6-5-11(15)2/h5-6,9,12,14,17H,4,7-8,10H2,1-3H3. The van der Waals surface area contributed by atoms with Gasteiger partial charge in [0.05, 0.1) is 0 Å². The lowest BCUT2D eigenvalue weighted by atomic mass is 9.93. The first-order valence-electron chi connectivity index (χ1n) is 6.86. The quantitative estimate of drug-likeness (QED) is 0.833. The summed E-state index contributed by atoms with van der Waals surface area (Å²) in [6, 6.07) is 7.43. The van der Waals surface area contributed by atoms with E-state index in [-0.39, 0.29) is 0 Å². The summed E-state index contributed by atoms with van der Waals surface area (Å²) in [5.74, 6) is 0.718. The largest absolute Gasteiger partial charge is 0.371 e. The van der Waals surface area contributed by atoms with Gasteiger partial charge in [-0.2, -0.15) is 0 Å². The van der Waals surface area contributed by atoms with Crippen LogP contribution in [0.3, 0.4) is 0 Å². The van der Waals surface area contributed by atoms with Crippen LogP contribution < -0.4 is 10.2 Å². The lowest BCUT2D eigenvalue weighted by Gasteiger charge is -2.39. The number of piperidine rings is 1. The van der Waals surface area contributed by atoms with Crippen LogP contribution in [-0.2, 0) is 0 Å². The molecule has 0 aromatic heterocycles. The molecule has 0 bridgehead atoms. The van der Waals surface area contributed by atoms with Gasteiger partial charge in [0.2, 0.25) is 0 Å². The van der Waals surface area contributed by atoms with Crippen LogP contribution in [0.4, 0.5) is 5.69 Å². The molecule has 18 heavy (non-hydrogen) atoms. The Morgan fingerprint density at radius 2 is 2.22 bits per heavy atom. The second-order valence-electron chi connectivity index (χ2n) is 5.31. The average molecular weight is 358 g/mol. The summed E-state index contributed by atoms with van der Waals surface area (Å²) in [6.07, 6.45) is 1.25.